The zero-order valence-corrected chi connectivity index (χ0v) is 33.9. The first-order chi connectivity index (χ1) is 31.2. The number of aromatic nitrogens is 3. The Morgan fingerprint density at radius 3 is 1.46 bits per heavy atom. The molecule has 63 heavy (non-hydrogen) atoms. The molecule has 0 spiro atoms. The second-order valence-corrected chi connectivity index (χ2v) is 15.6. The number of rotatable bonds is 8. The van der Waals surface area contributed by atoms with E-state index in [1.165, 1.54) is 11.1 Å². The molecule has 3 aromatic heterocycles. The number of hydrogen-bond acceptors (Lipinski definition) is 6. The number of benzene rings is 9. The Labute approximate surface area is 363 Å². The highest BCUT2D eigenvalue weighted by Crippen LogP contribution is 2.44. The maximum Gasteiger partial charge on any atom is 0.164 e. The summed E-state index contributed by atoms with van der Waals surface area (Å²) in [6, 6.07) is 75.1. The normalized spacial score (nSPS) is 11.5. The van der Waals surface area contributed by atoms with Gasteiger partial charge in [-0.2, -0.15) is 0 Å². The minimum Gasteiger partial charge on any atom is -0.456 e. The molecule has 0 bridgehead atoms. The molecule has 0 aliphatic heterocycles. The van der Waals surface area contributed by atoms with Gasteiger partial charge in [-0.3, -0.25) is 0 Å². The monoisotopic (exact) mass is 808 g/mol. The van der Waals surface area contributed by atoms with Crippen LogP contribution >= 0.6 is 0 Å². The standard InChI is InChI=1S/C57H36N4O2/c1-4-16-37(17-5-1)38-30-32-39(33-31-38)41-20-14-23-43(34-41)61(42-21-8-3-9-22-42)44-35-48(54-46-25-11-13-28-50(46)63-52(54)36-44)57-59-55(40-18-6-2-7-19-40)58-56(60-57)47-26-15-29-51-53(47)45-24-10-12-27-49(45)62-51/h1-36H. The van der Waals surface area contributed by atoms with E-state index in [2.05, 4.69) is 132 Å². The van der Waals surface area contributed by atoms with Gasteiger partial charge < -0.3 is 13.7 Å². The topological polar surface area (TPSA) is 68.2 Å². The van der Waals surface area contributed by atoms with E-state index in [9.17, 15) is 0 Å². The Bertz CT molecular complexity index is 3620. The third-order valence-electron chi connectivity index (χ3n) is 11.7. The van der Waals surface area contributed by atoms with Crippen LogP contribution in [0.1, 0.15) is 0 Å². The number of para-hydroxylation sites is 3. The number of anilines is 3. The van der Waals surface area contributed by atoms with Crippen molar-refractivity contribution in [3.63, 3.8) is 0 Å². The van der Waals surface area contributed by atoms with Crippen molar-refractivity contribution in [2.75, 3.05) is 4.90 Å². The molecule has 0 unspecified atom stereocenters. The summed E-state index contributed by atoms with van der Waals surface area (Å²) in [6.07, 6.45) is 0. The highest BCUT2D eigenvalue weighted by Gasteiger charge is 2.24. The van der Waals surface area contributed by atoms with E-state index in [0.717, 1.165) is 88.8 Å². The van der Waals surface area contributed by atoms with E-state index in [4.69, 9.17) is 23.8 Å². The zero-order valence-electron chi connectivity index (χ0n) is 33.9. The maximum absolute atomic E-state index is 6.73. The van der Waals surface area contributed by atoms with E-state index in [1.807, 2.05) is 91.0 Å². The van der Waals surface area contributed by atoms with Gasteiger partial charge in [0.25, 0.3) is 0 Å². The van der Waals surface area contributed by atoms with Gasteiger partial charge in [0.05, 0.1) is 5.69 Å². The molecular formula is C57H36N4O2. The van der Waals surface area contributed by atoms with E-state index >= 15 is 0 Å². The summed E-state index contributed by atoms with van der Waals surface area (Å²) in [7, 11) is 0. The van der Waals surface area contributed by atoms with Gasteiger partial charge in [-0.05, 0) is 70.8 Å². The van der Waals surface area contributed by atoms with Gasteiger partial charge in [-0.15, -0.1) is 0 Å². The van der Waals surface area contributed by atoms with Crippen LogP contribution in [0.2, 0.25) is 0 Å². The molecule has 0 saturated heterocycles. The number of furan rings is 2. The van der Waals surface area contributed by atoms with Gasteiger partial charge in [0.2, 0.25) is 0 Å². The van der Waals surface area contributed by atoms with Crippen LogP contribution < -0.4 is 4.90 Å². The van der Waals surface area contributed by atoms with E-state index in [1.54, 1.807) is 0 Å². The van der Waals surface area contributed by atoms with Crippen molar-refractivity contribution in [3.05, 3.63) is 218 Å². The van der Waals surface area contributed by atoms with Crippen molar-refractivity contribution in [1.29, 1.82) is 0 Å². The van der Waals surface area contributed by atoms with Crippen LogP contribution in [0.4, 0.5) is 17.1 Å². The molecule has 0 radical (unpaired) electrons. The summed E-state index contributed by atoms with van der Waals surface area (Å²) >= 11 is 0. The molecule has 0 amide bonds. The highest BCUT2D eigenvalue weighted by molar-refractivity contribution is 6.14. The Morgan fingerprint density at radius 2 is 0.762 bits per heavy atom. The Kier molecular flexibility index (Phi) is 8.71. The van der Waals surface area contributed by atoms with Crippen LogP contribution in [-0.2, 0) is 0 Å². The fourth-order valence-corrected chi connectivity index (χ4v) is 8.77. The van der Waals surface area contributed by atoms with Gasteiger partial charge in [-0.1, -0.05) is 164 Å². The predicted octanol–water partition coefficient (Wildman–Crippen LogP) is 15.5. The average Bonchev–Trinajstić information content (AvgIpc) is 3.93. The van der Waals surface area contributed by atoms with Crippen molar-refractivity contribution in [2.45, 2.75) is 0 Å². The largest absolute Gasteiger partial charge is 0.456 e. The molecule has 0 N–H and O–H groups in total. The van der Waals surface area contributed by atoms with Crippen LogP contribution in [0, 0.1) is 0 Å². The molecule has 0 atom stereocenters. The lowest BCUT2D eigenvalue weighted by Gasteiger charge is -2.26. The minimum atomic E-state index is 0.530. The van der Waals surface area contributed by atoms with Gasteiger partial charge in [0, 0.05) is 55.7 Å². The molecule has 296 valence electrons. The first kappa shape index (κ1) is 36.3. The summed E-state index contributed by atoms with van der Waals surface area (Å²) in [4.78, 5) is 18.1. The summed E-state index contributed by atoms with van der Waals surface area (Å²) < 4.78 is 13.1. The Balaban J connectivity index is 1.08. The fraction of sp³-hybridized carbons (Fsp3) is 0. The summed E-state index contributed by atoms with van der Waals surface area (Å²) in [5, 5.41) is 3.87. The van der Waals surface area contributed by atoms with Crippen LogP contribution in [0.3, 0.4) is 0 Å². The SMILES string of the molecule is c1ccc(-c2ccc(-c3cccc(N(c4ccccc4)c4cc(-c5nc(-c6ccccc6)nc(-c6cccc7oc8ccccc8c67)n5)c5c(c4)oc4ccccc45)c3)cc2)cc1. The van der Waals surface area contributed by atoms with Crippen molar-refractivity contribution in [1.82, 2.24) is 15.0 Å². The molecule has 6 heteroatoms. The fourth-order valence-electron chi connectivity index (χ4n) is 8.77. The lowest BCUT2D eigenvalue weighted by atomic mass is 9.99. The molecule has 0 aliphatic carbocycles. The molecule has 12 rings (SSSR count). The van der Waals surface area contributed by atoms with Gasteiger partial charge >= 0.3 is 0 Å². The Morgan fingerprint density at radius 1 is 0.286 bits per heavy atom. The van der Waals surface area contributed by atoms with Crippen molar-refractivity contribution in [2.24, 2.45) is 0 Å². The first-order valence-corrected chi connectivity index (χ1v) is 21.0. The smallest absolute Gasteiger partial charge is 0.164 e. The van der Waals surface area contributed by atoms with Gasteiger partial charge in [-0.25, -0.2) is 15.0 Å². The lowest BCUT2D eigenvalue weighted by molar-refractivity contribution is 0.668. The van der Waals surface area contributed by atoms with E-state index in [-0.39, 0.29) is 0 Å². The quantitative estimate of drug-likeness (QED) is 0.152. The molecule has 9 aromatic carbocycles. The van der Waals surface area contributed by atoms with Crippen LogP contribution in [0.5, 0.6) is 0 Å². The number of fused-ring (bicyclic) bond motifs is 6. The second-order valence-electron chi connectivity index (χ2n) is 15.6. The predicted molar refractivity (Wildman–Crippen MR) is 256 cm³/mol. The minimum absolute atomic E-state index is 0.530. The second kappa shape index (κ2) is 15.1. The Hall–Kier alpha value is -8.61. The summed E-state index contributed by atoms with van der Waals surface area (Å²) in [5.41, 5.74) is 13.2. The highest BCUT2D eigenvalue weighted by atomic mass is 16.3. The van der Waals surface area contributed by atoms with Crippen molar-refractivity contribution < 1.29 is 8.83 Å². The average molecular weight is 809 g/mol. The summed E-state index contributed by atoms with van der Waals surface area (Å²) in [5.74, 6) is 1.65. The molecule has 0 aliphatic rings. The van der Waals surface area contributed by atoms with Crippen LogP contribution in [0.15, 0.2) is 227 Å². The van der Waals surface area contributed by atoms with Crippen molar-refractivity contribution in [3.8, 4) is 56.4 Å². The van der Waals surface area contributed by atoms with Crippen LogP contribution in [0.25, 0.3) is 100 Å². The molecule has 12 aromatic rings. The van der Waals surface area contributed by atoms with Gasteiger partial charge in [0.15, 0.2) is 17.5 Å². The third-order valence-corrected chi connectivity index (χ3v) is 11.7. The molecule has 6 nitrogen and oxygen atoms in total. The molecule has 0 fully saturated rings. The molecular weight excluding hydrogens is 773 g/mol. The molecule has 3 heterocycles. The van der Waals surface area contributed by atoms with E-state index in [0.29, 0.717) is 17.5 Å². The lowest BCUT2D eigenvalue weighted by Crippen LogP contribution is -2.10. The third kappa shape index (κ3) is 6.49. The number of nitrogens with zero attached hydrogens (tertiary/aromatic N) is 4. The van der Waals surface area contributed by atoms with Crippen LogP contribution in [-0.4, -0.2) is 15.0 Å². The first-order valence-electron chi connectivity index (χ1n) is 21.0. The molecule has 0 saturated carbocycles. The van der Waals surface area contributed by atoms with Crippen molar-refractivity contribution >= 4 is 60.9 Å². The summed E-state index contributed by atoms with van der Waals surface area (Å²) in [6.45, 7) is 0. The van der Waals surface area contributed by atoms with E-state index < -0.39 is 0 Å². The zero-order chi connectivity index (χ0) is 41.7. The maximum atomic E-state index is 6.73. The van der Waals surface area contributed by atoms with Gasteiger partial charge in [0.1, 0.15) is 22.3 Å². The number of hydrogen-bond donors (Lipinski definition) is 0.